The second-order valence-corrected chi connectivity index (χ2v) is 6.04. The number of aromatic nitrogens is 5. The molecule has 0 aliphatic rings. The number of carboxylic acid groups (broad SMARTS) is 1. The van der Waals surface area contributed by atoms with E-state index in [9.17, 15) is 18.0 Å². The number of halogens is 3. The molecule has 12 heteroatoms. The van der Waals surface area contributed by atoms with Crippen molar-refractivity contribution in [3.05, 3.63) is 48.2 Å². The molecule has 29 heavy (non-hydrogen) atoms. The van der Waals surface area contributed by atoms with Crippen LogP contribution < -0.4 is 10.5 Å². The maximum absolute atomic E-state index is 12.6. The normalized spacial score (nSPS) is 12.6. The summed E-state index contributed by atoms with van der Waals surface area (Å²) in [5.41, 5.74) is 5.36. The quantitative estimate of drug-likeness (QED) is 0.610. The standard InChI is InChI=1S/C17H15F3N6O3/c18-17(19,20)11-4-5-14(22-8-11)29-13-3-1-2-10(6-13)16-23-25-26(24-16)9-12(21)7-15(27)28/h1-6,8,12H,7,9,21H2,(H,27,28). The van der Waals surface area contributed by atoms with Crippen molar-refractivity contribution in [1.82, 2.24) is 25.2 Å². The molecule has 0 radical (unpaired) electrons. The molecule has 152 valence electrons. The number of nitrogens with two attached hydrogens (primary N) is 1. The number of hydrogen-bond donors (Lipinski definition) is 2. The van der Waals surface area contributed by atoms with Crippen molar-refractivity contribution in [3.8, 4) is 23.0 Å². The summed E-state index contributed by atoms with van der Waals surface area (Å²) >= 11 is 0. The van der Waals surface area contributed by atoms with Gasteiger partial charge in [-0.1, -0.05) is 12.1 Å². The molecule has 0 aliphatic carbocycles. The summed E-state index contributed by atoms with van der Waals surface area (Å²) in [6.07, 6.45) is -4.02. The van der Waals surface area contributed by atoms with E-state index in [1.165, 1.54) is 4.80 Å². The topological polar surface area (TPSA) is 129 Å². The highest BCUT2D eigenvalue weighted by Crippen LogP contribution is 2.30. The number of carbonyl (C=O) groups is 1. The Bertz CT molecular complexity index is 991. The second kappa shape index (κ2) is 8.22. The lowest BCUT2D eigenvalue weighted by atomic mass is 10.2. The Hall–Kier alpha value is -3.54. The zero-order chi connectivity index (χ0) is 21.0. The molecule has 0 saturated heterocycles. The van der Waals surface area contributed by atoms with Crippen LogP contribution in [0.4, 0.5) is 13.2 Å². The van der Waals surface area contributed by atoms with Crippen LogP contribution >= 0.6 is 0 Å². The van der Waals surface area contributed by atoms with E-state index in [1.54, 1.807) is 24.3 Å². The molecular weight excluding hydrogens is 393 g/mol. The van der Waals surface area contributed by atoms with Crippen LogP contribution in [-0.2, 0) is 17.5 Å². The molecule has 0 spiro atoms. The lowest BCUT2D eigenvalue weighted by Gasteiger charge is -2.08. The van der Waals surface area contributed by atoms with Crippen molar-refractivity contribution >= 4 is 5.97 Å². The highest BCUT2D eigenvalue weighted by molar-refractivity contribution is 5.67. The first kappa shape index (κ1) is 20.2. The van der Waals surface area contributed by atoms with Gasteiger partial charge in [-0.05, 0) is 23.4 Å². The summed E-state index contributed by atoms with van der Waals surface area (Å²) in [7, 11) is 0. The Morgan fingerprint density at radius 2 is 2.07 bits per heavy atom. The van der Waals surface area contributed by atoms with Gasteiger partial charge in [0.05, 0.1) is 18.5 Å². The van der Waals surface area contributed by atoms with Crippen LogP contribution in [0.5, 0.6) is 11.6 Å². The molecular formula is C17H15F3N6O3. The number of pyridine rings is 1. The largest absolute Gasteiger partial charge is 0.481 e. The summed E-state index contributed by atoms with van der Waals surface area (Å²) in [5, 5.41) is 20.6. The molecule has 1 atom stereocenters. The monoisotopic (exact) mass is 408 g/mol. The highest BCUT2D eigenvalue weighted by Gasteiger charge is 2.30. The highest BCUT2D eigenvalue weighted by atomic mass is 19.4. The maximum Gasteiger partial charge on any atom is 0.417 e. The number of ether oxygens (including phenoxy) is 1. The molecule has 1 unspecified atom stereocenters. The van der Waals surface area contributed by atoms with Crippen molar-refractivity contribution in [3.63, 3.8) is 0 Å². The molecule has 3 aromatic rings. The molecule has 0 aliphatic heterocycles. The van der Waals surface area contributed by atoms with Crippen LogP contribution in [0.25, 0.3) is 11.4 Å². The Balaban J connectivity index is 1.71. The van der Waals surface area contributed by atoms with Gasteiger partial charge < -0.3 is 15.6 Å². The molecule has 1 aromatic carbocycles. The molecule has 3 rings (SSSR count). The average molecular weight is 408 g/mol. The molecule has 2 aromatic heterocycles. The minimum Gasteiger partial charge on any atom is -0.481 e. The lowest BCUT2D eigenvalue weighted by molar-refractivity contribution is -0.138. The van der Waals surface area contributed by atoms with Crippen LogP contribution in [0.3, 0.4) is 0 Å². The minimum atomic E-state index is -4.48. The van der Waals surface area contributed by atoms with Gasteiger partial charge >= 0.3 is 12.1 Å². The van der Waals surface area contributed by atoms with Crippen LogP contribution in [0.15, 0.2) is 42.6 Å². The van der Waals surface area contributed by atoms with E-state index in [0.29, 0.717) is 17.5 Å². The van der Waals surface area contributed by atoms with Crippen LogP contribution in [0, 0.1) is 0 Å². The third-order valence-electron chi connectivity index (χ3n) is 3.67. The van der Waals surface area contributed by atoms with E-state index in [-0.39, 0.29) is 24.7 Å². The fourth-order valence-electron chi connectivity index (χ4n) is 2.36. The SMILES string of the molecule is NC(CC(=O)O)Cn1nnc(-c2cccc(Oc3ccc(C(F)(F)F)cn3)c2)n1. The third kappa shape index (κ3) is 5.48. The molecule has 3 N–H and O–H groups in total. The Morgan fingerprint density at radius 1 is 1.28 bits per heavy atom. The third-order valence-corrected chi connectivity index (χ3v) is 3.67. The van der Waals surface area contributed by atoms with Crippen molar-refractivity contribution in [2.45, 2.75) is 25.2 Å². The van der Waals surface area contributed by atoms with Crippen molar-refractivity contribution in [1.29, 1.82) is 0 Å². The number of carboxylic acids is 1. The number of alkyl halides is 3. The molecule has 0 saturated carbocycles. The smallest absolute Gasteiger partial charge is 0.417 e. The molecule has 2 heterocycles. The fourth-order valence-corrected chi connectivity index (χ4v) is 2.36. The van der Waals surface area contributed by atoms with E-state index in [1.807, 2.05) is 0 Å². The van der Waals surface area contributed by atoms with E-state index in [0.717, 1.165) is 12.1 Å². The number of aliphatic carboxylic acids is 1. The second-order valence-electron chi connectivity index (χ2n) is 6.04. The number of tetrazole rings is 1. The molecule has 0 fully saturated rings. The summed E-state index contributed by atoms with van der Waals surface area (Å²) in [4.78, 5) is 15.5. The first-order valence-electron chi connectivity index (χ1n) is 8.27. The summed E-state index contributed by atoms with van der Waals surface area (Å²) < 4.78 is 43.2. The van der Waals surface area contributed by atoms with Gasteiger partial charge in [-0.2, -0.15) is 18.0 Å². The maximum atomic E-state index is 12.6. The van der Waals surface area contributed by atoms with Gasteiger partial charge in [0, 0.05) is 23.9 Å². The van der Waals surface area contributed by atoms with Gasteiger partial charge in [-0.25, -0.2) is 4.98 Å². The first-order valence-corrected chi connectivity index (χ1v) is 8.27. The first-order chi connectivity index (χ1) is 13.7. The predicted octanol–water partition coefficient (Wildman–Crippen LogP) is 2.35. The predicted molar refractivity (Wildman–Crippen MR) is 92.8 cm³/mol. The van der Waals surface area contributed by atoms with Gasteiger partial charge in [-0.3, -0.25) is 4.79 Å². The minimum absolute atomic E-state index is 0.00796. The zero-order valence-electron chi connectivity index (χ0n) is 14.7. The van der Waals surface area contributed by atoms with E-state index in [4.69, 9.17) is 15.6 Å². The van der Waals surface area contributed by atoms with Crippen molar-refractivity contribution in [2.75, 3.05) is 0 Å². The summed E-state index contributed by atoms with van der Waals surface area (Å²) in [6.45, 7) is 0.0744. The fraction of sp³-hybridized carbons (Fsp3) is 0.235. The van der Waals surface area contributed by atoms with Gasteiger partial charge in [0.1, 0.15) is 5.75 Å². The van der Waals surface area contributed by atoms with E-state index >= 15 is 0 Å². The van der Waals surface area contributed by atoms with Crippen LogP contribution in [0.1, 0.15) is 12.0 Å². The van der Waals surface area contributed by atoms with Crippen LogP contribution in [-0.4, -0.2) is 42.3 Å². The number of nitrogens with zero attached hydrogens (tertiary/aromatic N) is 5. The van der Waals surface area contributed by atoms with Gasteiger partial charge in [0.15, 0.2) is 0 Å². The van der Waals surface area contributed by atoms with E-state index in [2.05, 4.69) is 20.4 Å². The summed E-state index contributed by atoms with van der Waals surface area (Å²) in [5.74, 6) is -0.474. The zero-order valence-corrected chi connectivity index (χ0v) is 14.7. The summed E-state index contributed by atoms with van der Waals surface area (Å²) in [6, 6.07) is 7.81. The van der Waals surface area contributed by atoms with Crippen LogP contribution in [0.2, 0.25) is 0 Å². The molecule has 0 bridgehead atoms. The van der Waals surface area contributed by atoms with E-state index < -0.39 is 23.8 Å². The molecule has 0 amide bonds. The van der Waals surface area contributed by atoms with Gasteiger partial charge in [-0.15, -0.1) is 10.2 Å². The van der Waals surface area contributed by atoms with Gasteiger partial charge in [0.25, 0.3) is 0 Å². The number of hydrogen-bond acceptors (Lipinski definition) is 7. The number of benzene rings is 1. The van der Waals surface area contributed by atoms with Crippen molar-refractivity contribution in [2.24, 2.45) is 5.73 Å². The molecule has 9 nitrogen and oxygen atoms in total. The Morgan fingerprint density at radius 3 is 2.72 bits per heavy atom. The lowest BCUT2D eigenvalue weighted by Crippen LogP contribution is -2.30. The Labute approximate surface area is 161 Å². The van der Waals surface area contributed by atoms with Gasteiger partial charge in [0.2, 0.25) is 11.7 Å². The van der Waals surface area contributed by atoms with Crippen molar-refractivity contribution < 1.29 is 27.8 Å². The number of rotatable bonds is 7. The average Bonchev–Trinajstić information content (AvgIpc) is 3.09. The Kier molecular flexibility index (Phi) is 5.73.